The van der Waals surface area contributed by atoms with Crippen LogP contribution in [-0.2, 0) is 10.0 Å². The lowest BCUT2D eigenvalue weighted by atomic mass is 9.75. The minimum absolute atomic E-state index is 0.135. The van der Waals surface area contributed by atoms with Crippen molar-refractivity contribution in [2.75, 3.05) is 0 Å². The molecule has 226 valence electrons. The number of nitro groups is 1. The zero-order chi connectivity index (χ0) is 31.8. The van der Waals surface area contributed by atoms with Crippen LogP contribution >= 0.6 is 11.6 Å². The molecule has 5 aromatic rings. The molecular weight excluding hydrogens is 607 g/mol. The average Bonchev–Trinajstić information content (AvgIpc) is 3.38. The molecule has 0 amide bonds. The highest BCUT2D eigenvalue weighted by atomic mass is 35.5. The molecule has 1 N–H and O–H groups in total. The van der Waals surface area contributed by atoms with Gasteiger partial charge >= 0.3 is 5.97 Å². The standard InChI is InChI=1S/C33H28ClFN2O6S/c1-3-4-27(21-5-7-23(8-6-21)33(38)39)31(22-9-11-24(34)12-10-22)29-19-36(32-28(29)17-20(2)18-30(32)35)44(42,43)26-15-13-25(14-16-26)37(40)41/h5-19,27,31H,3-4H2,1-2H3,(H,38,39)/t27-,31?/m1/s1. The number of benzene rings is 4. The van der Waals surface area contributed by atoms with Crippen molar-refractivity contribution in [3.8, 4) is 0 Å². The van der Waals surface area contributed by atoms with Crippen molar-refractivity contribution in [3.05, 3.63) is 140 Å². The second-order valence-corrected chi connectivity index (χ2v) is 12.9. The second kappa shape index (κ2) is 12.2. The number of hydrogen-bond donors (Lipinski definition) is 1. The summed E-state index contributed by atoms with van der Waals surface area (Å²) in [7, 11) is -4.40. The van der Waals surface area contributed by atoms with E-state index in [9.17, 15) is 28.4 Å². The van der Waals surface area contributed by atoms with Gasteiger partial charge in [-0.25, -0.2) is 21.6 Å². The van der Waals surface area contributed by atoms with Gasteiger partial charge < -0.3 is 5.11 Å². The van der Waals surface area contributed by atoms with Gasteiger partial charge in [0.1, 0.15) is 11.3 Å². The van der Waals surface area contributed by atoms with Crippen molar-refractivity contribution in [2.45, 2.75) is 43.4 Å². The summed E-state index contributed by atoms with van der Waals surface area (Å²) >= 11 is 6.24. The van der Waals surface area contributed by atoms with Crippen molar-refractivity contribution in [1.82, 2.24) is 3.97 Å². The highest BCUT2D eigenvalue weighted by Crippen LogP contribution is 2.46. The fraction of sp³-hybridized carbons (Fsp3) is 0.182. The minimum atomic E-state index is -4.40. The lowest BCUT2D eigenvalue weighted by Gasteiger charge is -2.28. The fourth-order valence-corrected chi connectivity index (χ4v) is 7.25. The van der Waals surface area contributed by atoms with Crippen LogP contribution in [0.5, 0.6) is 0 Å². The SMILES string of the molecule is CCC[C@H](c1ccc(C(=O)O)cc1)C(c1ccc(Cl)cc1)c1cn(S(=O)(=O)c2ccc([N+](=O)[O-])cc2)c2c(F)cc(C)cc12. The third-order valence-corrected chi connectivity index (χ3v) is 9.68. The lowest BCUT2D eigenvalue weighted by molar-refractivity contribution is -0.384. The van der Waals surface area contributed by atoms with Gasteiger partial charge in [0.15, 0.2) is 0 Å². The molecule has 1 aromatic heterocycles. The molecule has 2 atom stereocenters. The molecule has 44 heavy (non-hydrogen) atoms. The number of halogens is 2. The summed E-state index contributed by atoms with van der Waals surface area (Å²) in [6.07, 6.45) is 2.83. The predicted molar refractivity (Wildman–Crippen MR) is 167 cm³/mol. The molecule has 0 bridgehead atoms. The molecule has 1 heterocycles. The molecular formula is C33H28ClFN2O6S. The van der Waals surface area contributed by atoms with Crippen LogP contribution in [0.2, 0.25) is 5.02 Å². The normalized spacial score (nSPS) is 13.1. The summed E-state index contributed by atoms with van der Waals surface area (Å²) in [5, 5.41) is 21.5. The Hall–Kier alpha value is -4.54. The van der Waals surface area contributed by atoms with E-state index in [0.29, 0.717) is 28.0 Å². The van der Waals surface area contributed by atoms with Crippen LogP contribution in [0.15, 0.2) is 96.0 Å². The van der Waals surface area contributed by atoms with E-state index in [-0.39, 0.29) is 27.6 Å². The number of aryl methyl sites for hydroxylation is 1. The fourth-order valence-electron chi connectivity index (χ4n) is 5.74. The Labute approximate surface area is 258 Å². The first kappa shape index (κ1) is 30.9. The first-order chi connectivity index (χ1) is 20.9. The number of carbonyl (C=O) groups is 1. The molecule has 0 saturated carbocycles. The summed E-state index contributed by atoms with van der Waals surface area (Å²) in [6.45, 7) is 3.74. The summed E-state index contributed by atoms with van der Waals surface area (Å²) in [5.41, 5.74) is 2.51. The van der Waals surface area contributed by atoms with Crippen LogP contribution in [0.4, 0.5) is 10.1 Å². The maximum Gasteiger partial charge on any atom is 0.335 e. The summed E-state index contributed by atoms with van der Waals surface area (Å²) in [6, 6.07) is 21.2. The first-order valence-electron chi connectivity index (χ1n) is 13.8. The molecule has 0 aliphatic rings. The molecule has 0 saturated heterocycles. The highest BCUT2D eigenvalue weighted by Gasteiger charge is 2.32. The van der Waals surface area contributed by atoms with E-state index in [1.807, 2.05) is 19.1 Å². The smallest absolute Gasteiger partial charge is 0.335 e. The lowest BCUT2D eigenvalue weighted by Crippen LogP contribution is -2.15. The number of carboxylic acid groups (broad SMARTS) is 1. The van der Waals surface area contributed by atoms with E-state index in [1.54, 1.807) is 37.3 Å². The topological polar surface area (TPSA) is 120 Å². The first-order valence-corrected chi connectivity index (χ1v) is 15.6. The van der Waals surface area contributed by atoms with E-state index >= 15 is 4.39 Å². The zero-order valence-corrected chi connectivity index (χ0v) is 25.3. The van der Waals surface area contributed by atoms with E-state index in [1.165, 1.54) is 24.4 Å². The number of non-ortho nitro benzene ring substituents is 1. The van der Waals surface area contributed by atoms with Crippen LogP contribution in [-0.4, -0.2) is 28.4 Å². The Morgan fingerprint density at radius 3 is 2.18 bits per heavy atom. The van der Waals surface area contributed by atoms with Gasteiger partial charge in [0.2, 0.25) is 0 Å². The van der Waals surface area contributed by atoms with Crippen molar-refractivity contribution in [1.29, 1.82) is 0 Å². The van der Waals surface area contributed by atoms with Gasteiger partial charge in [-0.1, -0.05) is 49.2 Å². The Kier molecular flexibility index (Phi) is 8.58. The molecule has 1 unspecified atom stereocenters. The van der Waals surface area contributed by atoms with Crippen molar-refractivity contribution >= 4 is 44.2 Å². The number of aromatic carboxylic acids is 1. The molecule has 5 rings (SSSR count). The predicted octanol–water partition coefficient (Wildman–Crippen LogP) is 8.30. The van der Waals surface area contributed by atoms with Crippen molar-refractivity contribution in [3.63, 3.8) is 0 Å². The van der Waals surface area contributed by atoms with Crippen molar-refractivity contribution < 1.29 is 27.6 Å². The van der Waals surface area contributed by atoms with Crippen LogP contribution in [0.3, 0.4) is 0 Å². The number of fused-ring (bicyclic) bond motifs is 1. The van der Waals surface area contributed by atoms with Crippen LogP contribution < -0.4 is 0 Å². The zero-order valence-electron chi connectivity index (χ0n) is 23.8. The molecule has 8 nitrogen and oxygen atoms in total. The van der Waals surface area contributed by atoms with Gasteiger partial charge in [0, 0.05) is 34.7 Å². The van der Waals surface area contributed by atoms with Crippen LogP contribution in [0.25, 0.3) is 10.9 Å². The summed E-state index contributed by atoms with van der Waals surface area (Å²) < 4.78 is 44.7. The molecule has 0 spiro atoms. The Morgan fingerprint density at radius 2 is 1.61 bits per heavy atom. The number of nitrogens with zero attached hydrogens (tertiary/aromatic N) is 2. The van der Waals surface area contributed by atoms with Gasteiger partial charge in [0.05, 0.1) is 15.4 Å². The van der Waals surface area contributed by atoms with E-state index in [0.717, 1.165) is 45.8 Å². The van der Waals surface area contributed by atoms with Gasteiger partial charge in [0.25, 0.3) is 15.7 Å². The third kappa shape index (κ3) is 5.82. The largest absolute Gasteiger partial charge is 0.478 e. The number of carboxylic acids is 1. The number of aromatic nitrogens is 1. The Bertz CT molecular complexity index is 1970. The van der Waals surface area contributed by atoms with E-state index in [2.05, 4.69) is 0 Å². The van der Waals surface area contributed by atoms with Crippen molar-refractivity contribution in [2.24, 2.45) is 0 Å². The number of hydrogen-bond acceptors (Lipinski definition) is 5. The quantitative estimate of drug-likeness (QED) is 0.122. The molecule has 0 radical (unpaired) electrons. The van der Waals surface area contributed by atoms with Crippen LogP contribution in [0.1, 0.15) is 64.2 Å². The van der Waals surface area contributed by atoms with E-state index in [4.69, 9.17) is 11.6 Å². The van der Waals surface area contributed by atoms with Gasteiger partial charge in [-0.3, -0.25) is 10.1 Å². The summed E-state index contributed by atoms with van der Waals surface area (Å²) in [5.74, 6) is -2.53. The average molecular weight is 635 g/mol. The number of rotatable bonds is 10. The van der Waals surface area contributed by atoms with Gasteiger partial charge in [-0.15, -0.1) is 0 Å². The van der Waals surface area contributed by atoms with E-state index < -0.39 is 32.7 Å². The maximum absolute atomic E-state index is 15.8. The second-order valence-electron chi connectivity index (χ2n) is 10.6. The van der Waals surface area contributed by atoms with Gasteiger partial charge in [-0.2, -0.15) is 0 Å². The Balaban J connectivity index is 1.79. The molecule has 0 aliphatic heterocycles. The van der Waals surface area contributed by atoms with Crippen LogP contribution in [0, 0.1) is 22.9 Å². The maximum atomic E-state index is 15.8. The third-order valence-electron chi connectivity index (χ3n) is 7.75. The summed E-state index contributed by atoms with van der Waals surface area (Å²) in [4.78, 5) is 21.9. The minimum Gasteiger partial charge on any atom is -0.478 e. The monoisotopic (exact) mass is 634 g/mol. The molecule has 0 fully saturated rings. The number of nitro benzene ring substituents is 1. The highest BCUT2D eigenvalue weighted by molar-refractivity contribution is 7.90. The molecule has 4 aromatic carbocycles. The Morgan fingerprint density at radius 1 is 1.00 bits per heavy atom. The molecule has 0 aliphatic carbocycles. The van der Waals surface area contributed by atoms with Gasteiger partial charge in [-0.05, 0) is 90.0 Å². The molecule has 11 heteroatoms.